The maximum absolute atomic E-state index is 6.39. The van der Waals surface area contributed by atoms with Crippen molar-refractivity contribution in [2.45, 2.75) is 46.6 Å². The van der Waals surface area contributed by atoms with Gasteiger partial charge in [-0.05, 0) is 61.8 Å². The van der Waals surface area contributed by atoms with Gasteiger partial charge in [0.1, 0.15) is 5.75 Å². The highest BCUT2D eigenvalue weighted by atomic mass is 16.5. The minimum absolute atomic E-state index is 0.164. The van der Waals surface area contributed by atoms with Crippen LogP contribution >= 0.6 is 0 Å². The summed E-state index contributed by atoms with van der Waals surface area (Å²) in [7, 11) is 0. The van der Waals surface area contributed by atoms with Crippen molar-refractivity contribution >= 4 is 0 Å². The number of ether oxygens (including phenoxy) is 1. The van der Waals surface area contributed by atoms with Gasteiger partial charge in [-0.25, -0.2) is 0 Å². The minimum Gasteiger partial charge on any atom is -0.494 e. The predicted molar refractivity (Wildman–Crippen MR) is 71.4 cm³/mol. The Hall–Kier alpha value is -1.02. The van der Waals surface area contributed by atoms with Crippen LogP contribution in [0.5, 0.6) is 5.75 Å². The molecule has 1 aliphatic rings. The van der Waals surface area contributed by atoms with Gasteiger partial charge in [-0.2, -0.15) is 0 Å². The van der Waals surface area contributed by atoms with Gasteiger partial charge < -0.3 is 10.5 Å². The van der Waals surface area contributed by atoms with Crippen LogP contribution in [-0.4, -0.2) is 6.61 Å². The van der Waals surface area contributed by atoms with Gasteiger partial charge in [-0.15, -0.1) is 0 Å². The maximum Gasteiger partial charge on any atom is 0.122 e. The van der Waals surface area contributed by atoms with Crippen LogP contribution in [0.4, 0.5) is 0 Å². The Labute approximate surface area is 104 Å². The molecule has 1 saturated carbocycles. The zero-order valence-electron chi connectivity index (χ0n) is 11.3. The van der Waals surface area contributed by atoms with Gasteiger partial charge in [0.25, 0.3) is 0 Å². The van der Waals surface area contributed by atoms with E-state index < -0.39 is 0 Å². The van der Waals surface area contributed by atoms with Crippen LogP contribution in [0, 0.1) is 19.3 Å². The monoisotopic (exact) mass is 233 g/mol. The Morgan fingerprint density at radius 3 is 2.47 bits per heavy atom. The first kappa shape index (κ1) is 12.4. The van der Waals surface area contributed by atoms with E-state index >= 15 is 0 Å². The van der Waals surface area contributed by atoms with Crippen LogP contribution in [0.25, 0.3) is 0 Å². The molecule has 0 aliphatic heterocycles. The first-order chi connectivity index (χ1) is 7.98. The molecule has 0 spiro atoms. The Balaban J connectivity index is 2.32. The Morgan fingerprint density at radius 2 is 1.94 bits per heavy atom. The molecule has 2 heteroatoms. The van der Waals surface area contributed by atoms with Gasteiger partial charge in [0.2, 0.25) is 0 Å². The number of hydrogen-bond acceptors (Lipinski definition) is 2. The summed E-state index contributed by atoms with van der Waals surface area (Å²) in [6.45, 7) is 9.23. The standard InChI is InChI=1S/C15H23NO/c1-5-17-13-9-10(2)12(8-11(13)3)14(16)15(4)6-7-15/h8-9,14H,5-7,16H2,1-4H3. The highest BCUT2D eigenvalue weighted by Gasteiger charge is 2.44. The summed E-state index contributed by atoms with van der Waals surface area (Å²) in [4.78, 5) is 0. The fraction of sp³-hybridized carbons (Fsp3) is 0.600. The van der Waals surface area contributed by atoms with Crippen molar-refractivity contribution in [3.63, 3.8) is 0 Å². The molecule has 1 unspecified atom stereocenters. The minimum atomic E-state index is 0.164. The third kappa shape index (κ3) is 2.32. The van der Waals surface area contributed by atoms with Gasteiger partial charge >= 0.3 is 0 Å². The van der Waals surface area contributed by atoms with Gasteiger partial charge in [-0.1, -0.05) is 13.0 Å². The number of hydrogen-bond donors (Lipinski definition) is 1. The third-order valence-electron chi connectivity index (χ3n) is 3.99. The van der Waals surface area contributed by atoms with Crippen LogP contribution in [0.2, 0.25) is 0 Å². The number of benzene rings is 1. The second kappa shape index (κ2) is 4.34. The lowest BCUT2D eigenvalue weighted by Gasteiger charge is -2.22. The van der Waals surface area contributed by atoms with Crippen LogP contribution in [0.1, 0.15) is 49.4 Å². The van der Waals surface area contributed by atoms with Crippen LogP contribution in [0.15, 0.2) is 12.1 Å². The lowest BCUT2D eigenvalue weighted by molar-refractivity contribution is 0.337. The lowest BCUT2D eigenvalue weighted by Crippen LogP contribution is -2.21. The van der Waals surface area contributed by atoms with Crippen molar-refractivity contribution in [1.82, 2.24) is 0 Å². The molecule has 0 heterocycles. The zero-order valence-corrected chi connectivity index (χ0v) is 11.3. The molecule has 2 nitrogen and oxygen atoms in total. The van der Waals surface area contributed by atoms with Crippen molar-refractivity contribution < 1.29 is 4.74 Å². The second-order valence-corrected chi connectivity index (χ2v) is 5.54. The molecule has 0 bridgehead atoms. The maximum atomic E-state index is 6.39. The summed E-state index contributed by atoms with van der Waals surface area (Å²) >= 11 is 0. The number of rotatable bonds is 4. The summed E-state index contributed by atoms with van der Waals surface area (Å²) in [6.07, 6.45) is 2.50. The van der Waals surface area contributed by atoms with Gasteiger partial charge in [0.05, 0.1) is 6.61 Å². The first-order valence-electron chi connectivity index (χ1n) is 6.47. The second-order valence-electron chi connectivity index (χ2n) is 5.54. The largest absolute Gasteiger partial charge is 0.494 e. The molecule has 0 saturated heterocycles. The van der Waals surface area contributed by atoms with Gasteiger partial charge in [-0.3, -0.25) is 0 Å². The van der Waals surface area contributed by atoms with Gasteiger partial charge in [0, 0.05) is 6.04 Å². The van der Waals surface area contributed by atoms with E-state index in [1.807, 2.05) is 6.92 Å². The highest BCUT2D eigenvalue weighted by Crippen LogP contribution is 2.53. The van der Waals surface area contributed by atoms with Crippen LogP contribution in [0.3, 0.4) is 0 Å². The Kier molecular flexibility index (Phi) is 3.17. The third-order valence-corrected chi connectivity index (χ3v) is 3.99. The topological polar surface area (TPSA) is 35.2 Å². The van der Waals surface area contributed by atoms with E-state index in [4.69, 9.17) is 10.5 Å². The number of aryl methyl sites for hydroxylation is 2. The van der Waals surface area contributed by atoms with E-state index in [1.54, 1.807) is 0 Å². The molecule has 2 N–H and O–H groups in total. The van der Waals surface area contributed by atoms with Crippen molar-refractivity contribution in [1.29, 1.82) is 0 Å². The molecule has 0 radical (unpaired) electrons. The van der Waals surface area contributed by atoms with E-state index in [0.29, 0.717) is 12.0 Å². The van der Waals surface area contributed by atoms with Crippen molar-refractivity contribution in [2.75, 3.05) is 6.61 Å². The SMILES string of the molecule is CCOc1cc(C)c(C(N)C2(C)CC2)cc1C. The quantitative estimate of drug-likeness (QED) is 0.863. The molecule has 0 aromatic heterocycles. The Morgan fingerprint density at radius 1 is 1.29 bits per heavy atom. The molecule has 2 rings (SSSR count). The summed E-state index contributed by atoms with van der Waals surface area (Å²) in [5.41, 5.74) is 10.4. The van der Waals surface area contributed by atoms with Gasteiger partial charge in [0.15, 0.2) is 0 Å². The lowest BCUT2D eigenvalue weighted by atomic mass is 9.89. The smallest absolute Gasteiger partial charge is 0.122 e. The molecule has 1 fully saturated rings. The average Bonchev–Trinajstić information content (AvgIpc) is 3.02. The summed E-state index contributed by atoms with van der Waals surface area (Å²) in [5.74, 6) is 0.988. The van der Waals surface area contributed by atoms with Crippen molar-refractivity contribution in [2.24, 2.45) is 11.1 Å². The highest BCUT2D eigenvalue weighted by molar-refractivity contribution is 5.43. The molecule has 17 heavy (non-hydrogen) atoms. The molecule has 1 aromatic carbocycles. The molecule has 1 atom stereocenters. The normalized spacial score (nSPS) is 18.9. The molecule has 1 aromatic rings. The summed E-state index contributed by atoms with van der Waals surface area (Å²) in [5, 5.41) is 0. The number of nitrogens with two attached hydrogens (primary N) is 1. The summed E-state index contributed by atoms with van der Waals surface area (Å²) < 4.78 is 5.61. The van der Waals surface area contributed by atoms with Crippen molar-refractivity contribution in [3.05, 3.63) is 28.8 Å². The first-order valence-corrected chi connectivity index (χ1v) is 6.47. The Bertz CT molecular complexity index is 421. The van der Waals surface area contributed by atoms with Crippen LogP contribution in [-0.2, 0) is 0 Å². The predicted octanol–water partition coefficient (Wildman–Crippen LogP) is 3.50. The zero-order chi connectivity index (χ0) is 12.6. The van der Waals surface area contributed by atoms with E-state index in [0.717, 1.165) is 5.75 Å². The molecular weight excluding hydrogens is 210 g/mol. The molecule has 0 amide bonds. The van der Waals surface area contributed by atoms with Crippen molar-refractivity contribution in [3.8, 4) is 5.75 Å². The molecule has 1 aliphatic carbocycles. The summed E-state index contributed by atoms with van der Waals surface area (Å²) in [6, 6.07) is 4.49. The van der Waals surface area contributed by atoms with E-state index in [2.05, 4.69) is 32.9 Å². The average molecular weight is 233 g/mol. The van der Waals surface area contributed by atoms with Crippen LogP contribution < -0.4 is 10.5 Å². The van der Waals surface area contributed by atoms with E-state index in [9.17, 15) is 0 Å². The fourth-order valence-corrected chi connectivity index (χ4v) is 2.34. The van der Waals surface area contributed by atoms with E-state index in [-0.39, 0.29) is 6.04 Å². The van der Waals surface area contributed by atoms with E-state index in [1.165, 1.54) is 29.5 Å². The molecule has 94 valence electrons. The molecular formula is C15H23NO. The fourth-order valence-electron chi connectivity index (χ4n) is 2.34.